The maximum atomic E-state index is 12.8. The van der Waals surface area contributed by atoms with Crippen LogP contribution in [0.5, 0.6) is 17.2 Å². The molecule has 0 aliphatic heterocycles. The number of ether oxygens (including phenoxy) is 2. The van der Waals surface area contributed by atoms with Crippen molar-refractivity contribution >= 4 is 21.6 Å². The number of anilines is 1. The minimum absolute atomic E-state index is 0.247. The lowest BCUT2D eigenvalue weighted by Gasteiger charge is -2.28. The molecular formula is C27H32N2O5S. The molecular weight excluding hydrogens is 464 g/mol. The van der Waals surface area contributed by atoms with Crippen LogP contribution in [0.3, 0.4) is 0 Å². The second-order valence-corrected chi connectivity index (χ2v) is 10.3. The summed E-state index contributed by atoms with van der Waals surface area (Å²) < 4.78 is 37.8. The highest BCUT2D eigenvalue weighted by molar-refractivity contribution is 7.92. The molecule has 0 spiro atoms. The number of para-hydroxylation sites is 2. The molecule has 0 saturated carbocycles. The first-order valence-corrected chi connectivity index (χ1v) is 13.3. The Bertz CT molecular complexity index is 1210. The molecule has 0 saturated heterocycles. The van der Waals surface area contributed by atoms with Gasteiger partial charge in [0.25, 0.3) is 0 Å². The number of carbonyl (C=O) groups is 1. The average molecular weight is 497 g/mol. The summed E-state index contributed by atoms with van der Waals surface area (Å²) in [5.74, 6) is 1.91. The predicted octanol–water partition coefficient (Wildman–Crippen LogP) is 4.95. The molecule has 0 aromatic heterocycles. The van der Waals surface area contributed by atoms with Gasteiger partial charge in [-0.1, -0.05) is 50.2 Å². The molecule has 1 atom stereocenters. The molecule has 1 amide bonds. The Balaban J connectivity index is 1.62. The van der Waals surface area contributed by atoms with Gasteiger partial charge in [0.15, 0.2) is 0 Å². The summed E-state index contributed by atoms with van der Waals surface area (Å²) in [5, 5.41) is 2.77. The summed E-state index contributed by atoms with van der Waals surface area (Å²) in [4.78, 5) is 12.8. The van der Waals surface area contributed by atoms with E-state index in [4.69, 9.17) is 9.47 Å². The third kappa shape index (κ3) is 7.23. The fourth-order valence-electron chi connectivity index (χ4n) is 3.67. The second-order valence-electron chi connectivity index (χ2n) is 8.48. The number of carbonyl (C=O) groups excluding carboxylic acids is 1. The Morgan fingerprint density at radius 2 is 1.49 bits per heavy atom. The van der Waals surface area contributed by atoms with Gasteiger partial charge >= 0.3 is 0 Å². The Morgan fingerprint density at radius 1 is 0.886 bits per heavy atom. The van der Waals surface area contributed by atoms with Gasteiger partial charge < -0.3 is 14.8 Å². The molecule has 186 valence electrons. The minimum atomic E-state index is -3.72. The van der Waals surface area contributed by atoms with Gasteiger partial charge in [0, 0.05) is 0 Å². The van der Waals surface area contributed by atoms with Crippen molar-refractivity contribution < 1.29 is 22.7 Å². The van der Waals surface area contributed by atoms with Crippen LogP contribution in [0, 0.1) is 0 Å². The van der Waals surface area contributed by atoms with Gasteiger partial charge in [-0.25, -0.2) is 8.42 Å². The SMILES string of the molecule is CC(C)c1ccccc1OCCNC(=O)C(C)N(c1ccc(Oc2ccccc2)cc1)S(C)(=O)=O. The lowest BCUT2D eigenvalue weighted by molar-refractivity contribution is -0.121. The molecule has 0 fully saturated rings. The van der Waals surface area contributed by atoms with Crippen LogP contribution in [0.25, 0.3) is 0 Å². The highest BCUT2D eigenvalue weighted by Crippen LogP contribution is 2.27. The summed E-state index contributed by atoms with van der Waals surface area (Å²) in [6.07, 6.45) is 1.08. The van der Waals surface area contributed by atoms with Crippen LogP contribution < -0.4 is 19.1 Å². The maximum Gasteiger partial charge on any atom is 0.243 e. The summed E-state index contributed by atoms with van der Waals surface area (Å²) in [5.41, 5.74) is 1.47. The summed E-state index contributed by atoms with van der Waals surface area (Å²) in [6.45, 7) is 6.25. The summed E-state index contributed by atoms with van der Waals surface area (Å²) in [6, 6.07) is 22.7. The monoisotopic (exact) mass is 496 g/mol. The Labute approximate surface area is 207 Å². The van der Waals surface area contributed by atoms with Crippen LogP contribution in [0.2, 0.25) is 0 Å². The lowest BCUT2D eigenvalue weighted by atomic mass is 10.0. The van der Waals surface area contributed by atoms with Crippen molar-refractivity contribution in [3.8, 4) is 17.2 Å². The van der Waals surface area contributed by atoms with Gasteiger partial charge in [0.2, 0.25) is 15.9 Å². The van der Waals surface area contributed by atoms with Crippen molar-refractivity contribution in [2.24, 2.45) is 0 Å². The van der Waals surface area contributed by atoms with E-state index >= 15 is 0 Å². The zero-order valence-electron chi connectivity index (χ0n) is 20.5. The number of rotatable bonds is 11. The van der Waals surface area contributed by atoms with Gasteiger partial charge in [-0.2, -0.15) is 0 Å². The Morgan fingerprint density at radius 3 is 2.11 bits per heavy atom. The van der Waals surface area contributed by atoms with E-state index in [0.717, 1.165) is 21.9 Å². The van der Waals surface area contributed by atoms with Gasteiger partial charge in [-0.3, -0.25) is 9.10 Å². The van der Waals surface area contributed by atoms with Crippen LogP contribution in [0.1, 0.15) is 32.3 Å². The Hall–Kier alpha value is -3.52. The van der Waals surface area contributed by atoms with Crippen LogP contribution in [-0.4, -0.2) is 39.8 Å². The molecule has 3 rings (SSSR count). The van der Waals surface area contributed by atoms with Crippen LogP contribution >= 0.6 is 0 Å². The largest absolute Gasteiger partial charge is 0.491 e. The van der Waals surface area contributed by atoms with Gasteiger partial charge in [-0.05, 0) is 60.9 Å². The number of sulfonamides is 1. The van der Waals surface area contributed by atoms with E-state index in [1.54, 1.807) is 31.2 Å². The standard InChI is InChI=1S/C27H32N2O5S/c1-20(2)25-12-8-9-13-26(25)33-19-18-28-27(30)21(3)29(35(4,31)32)22-14-16-24(17-15-22)34-23-10-6-5-7-11-23/h5-17,20-21H,18-19H2,1-4H3,(H,28,30). The zero-order chi connectivity index (χ0) is 25.4. The Kier molecular flexibility index (Phi) is 8.76. The molecule has 0 aliphatic carbocycles. The number of hydrogen-bond donors (Lipinski definition) is 1. The maximum absolute atomic E-state index is 12.8. The van der Waals surface area contributed by atoms with E-state index in [2.05, 4.69) is 19.2 Å². The third-order valence-corrected chi connectivity index (χ3v) is 6.60. The molecule has 1 N–H and O–H groups in total. The molecule has 3 aromatic carbocycles. The van der Waals surface area contributed by atoms with E-state index in [-0.39, 0.29) is 13.2 Å². The highest BCUT2D eigenvalue weighted by Gasteiger charge is 2.29. The number of amides is 1. The van der Waals surface area contributed by atoms with E-state index in [1.807, 2.05) is 54.6 Å². The first-order chi connectivity index (χ1) is 16.7. The fourth-order valence-corrected chi connectivity index (χ4v) is 4.84. The first kappa shape index (κ1) is 26.1. The molecule has 35 heavy (non-hydrogen) atoms. The number of benzene rings is 3. The first-order valence-electron chi connectivity index (χ1n) is 11.5. The van der Waals surface area contributed by atoms with Gasteiger partial charge in [-0.15, -0.1) is 0 Å². The van der Waals surface area contributed by atoms with Crippen molar-refractivity contribution in [2.75, 3.05) is 23.7 Å². The summed E-state index contributed by atoms with van der Waals surface area (Å²) in [7, 11) is -3.72. The molecule has 0 bridgehead atoms. The van der Waals surface area contributed by atoms with E-state index in [1.165, 1.54) is 0 Å². The van der Waals surface area contributed by atoms with Crippen molar-refractivity contribution in [1.29, 1.82) is 0 Å². The number of hydrogen-bond acceptors (Lipinski definition) is 5. The summed E-state index contributed by atoms with van der Waals surface area (Å²) >= 11 is 0. The zero-order valence-corrected chi connectivity index (χ0v) is 21.3. The van der Waals surface area contributed by atoms with Crippen LogP contribution in [0.4, 0.5) is 5.69 Å². The lowest BCUT2D eigenvalue weighted by Crippen LogP contribution is -2.48. The predicted molar refractivity (Wildman–Crippen MR) is 139 cm³/mol. The van der Waals surface area contributed by atoms with Crippen LogP contribution in [0.15, 0.2) is 78.9 Å². The molecule has 0 heterocycles. The molecule has 7 nitrogen and oxygen atoms in total. The normalized spacial score (nSPS) is 12.1. The van der Waals surface area contributed by atoms with Gasteiger partial charge in [0.05, 0.1) is 18.5 Å². The van der Waals surface area contributed by atoms with Crippen molar-refractivity contribution in [3.05, 3.63) is 84.4 Å². The average Bonchev–Trinajstić information content (AvgIpc) is 2.83. The smallest absolute Gasteiger partial charge is 0.243 e. The molecule has 0 aliphatic rings. The second kappa shape index (κ2) is 11.8. The number of nitrogens with zero attached hydrogens (tertiary/aromatic N) is 1. The van der Waals surface area contributed by atoms with Crippen molar-refractivity contribution in [2.45, 2.75) is 32.7 Å². The molecule has 0 radical (unpaired) electrons. The fraction of sp³-hybridized carbons (Fsp3) is 0.296. The molecule has 1 unspecified atom stereocenters. The van der Waals surface area contributed by atoms with Crippen molar-refractivity contribution in [3.63, 3.8) is 0 Å². The van der Waals surface area contributed by atoms with E-state index < -0.39 is 22.0 Å². The highest BCUT2D eigenvalue weighted by atomic mass is 32.2. The quantitative estimate of drug-likeness (QED) is 0.380. The van der Waals surface area contributed by atoms with Crippen molar-refractivity contribution in [1.82, 2.24) is 5.32 Å². The third-order valence-electron chi connectivity index (χ3n) is 5.36. The minimum Gasteiger partial charge on any atom is -0.491 e. The van der Waals surface area contributed by atoms with E-state index in [0.29, 0.717) is 23.1 Å². The van der Waals surface area contributed by atoms with E-state index in [9.17, 15) is 13.2 Å². The topological polar surface area (TPSA) is 84.9 Å². The van der Waals surface area contributed by atoms with Crippen LogP contribution in [-0.2, 0) is 14.8 Å². The number of nitrogens with one attached hydrogen (secondary N) is 1. The molecule has 8 heteroatoms. The molecule has 3 aromatic rings. The van der Waals surface area contributed by atoms with Gasteiger partial charge in [0.1, 0.15) is 29.9 Å².